The van der Waals surface area contributed by atoms with Crippen molar-refractivity contribution in [2.24, 2.45) is 0 Å². The number of hydrogen-bond donors (Lipinski definition) is 0. The van der Waals surface area contributed by atoms with Crippen molar-refractivity contribution in [3.8, 4) is 78.7 Å². The van der Waals surface area contributed by atoms with E-state index in [2.05, 4.69) is 164 Å². The summed E-state index contributed by atoms with van der Waals surface area (Å²) in [6, 6.07) is 70.7. The lowest BCUT2D eigenvalue weighted by atomic mass is 9.86. The van der Waals surface area contributed by atoms with Gasteiger partial charge in [-0.1, -0.05) is 176 Å². The second kappa shape index (κ2) is 14.1. The van der Waals surface area contributed by atoms with Gasteiger partial charge in [-0.05, 0) is 68.8 Å². The average molecular weight is 720 g/mol. The van der Waals surface area contributed by atoms with Crippen molar-refractivity contribution in [3.63, 3.8) is 0 Å². The standard InChI is InChI=1S/C51H33N3S/c1-5-16-34(17-6-1)38-24-13-25-40(32-38)47-41(35-18-7-2-8-19-35)26-14-27-42(47)39-30-31-45-44(33-39)48-43(28-15-29-46(48)55-45)51-53-49(36-20-9-3-10-21-36)52-50(54-51)37-22-11-4-12-23-37/h1-33H. The molecule has 2 aromatic heterocycles. The predicted molar refractivity (Wildman–Crippen MR) is 231 cm³/mol. The maximum atomic E-state index is 5.13. The van der Waals surface area contributed by atoms with Gasteiger partial charge in [0.1, 0.15) is 0 Å². The van der Waals surface area contributed by atoms with Crippen LogP contribution in [0.2, 0.25) is 0 Å². The van der Waals surface area contributed by atoms with E-state index >= 15 is 0 Å². The van der Waals surface area contributed by atoms with E-state index in [4.69, 9.17) is 15.0 Å². The molecule has 8 aromatic carbocycles. The Bertz CT molecular complexity index is 2900. The van der Waals surface area contributed by atoms with Crippen LogP contribution in [-0.2, 0) is 0 Å². The number of thiophene rings is 1. The minimum absolute atomic E-state index is 0.654. The van der Waals surface area contributed by atoms with Gasteiger partial charge in [0.15, 0.2) is 17.5 Å². The van der Waals surface area contributed by atoms with Gasteiger partial charge in [0.05, 0.1) is 0 Å². The van der Waals surface area contributed by atoms with Crippen LogP contribution in [0.3, 0.4) is 0 Å². The predicted octanol–water partition coefficient (Wildman–Crippen LogP) is 13.9. The molecule has 0 saturated heterocycles. The van der Waals surface area contributed by atoms with Gasteiger partial charge in [0.25, 0.3) is 0 Å². The van der Waals surface area contributed by atoms with E-state index in [9.17, 15) is 0 Å². The summed E-state index contributed by atoms with van der Waals surface area (Å²) in [5.74, 6) is 1.97. The van der Waals surface area contributed by atoms with E-state index in [1.54, 1.807) is 11.3 Å². The molecule has 258 valence electrons. The molecule has 0 aliphatic rings. The van der Waals surface area contributed by atoms with Crippen LogP contribution in [0.15, 0.2) is 200 Å². The number of hydrogen-bond acceptors (Lipinski definition) is 4. The quantitative estimate of drug-likeness (QED) is 0.165. The second-order valence-corrected chi connectivity index (χ2v) is 14.7. The Morgan fingerprint density at radius 3 is 1.44 bits per heavy atom. The largest absolute Gasteiger partial charge is 0.208 e. The van der Waals surface area contributed by atoms with Crippen molar-refractivity contribution in [1.82, 2.24) is 15.0 Å². The molecule has 0 N–H and O–H groups in total. The lowest BCUT2D eigenvalue weighted by molar-refractivity contribution is 1.08. The third kappa shape index (κ3) is 6.19. The Labute approximate surface area is 323 Å². The van der Waals surface area contributed by atoms with E-state index < -0.39 is 0 Å². The summed E-state index contributed by atoms with van der Waals surface area (Å²) in [6.07, 6.45) is 0. The van der Waals surface area contributed by atoms with Crippen molar-refractivity contribution in [2.75, 3.05) is 0 Å². The van der Waals surface area contributed by atoms with E-state index in [1.807, 2.05) is 36.4 Å². The van der Waals surface area contributed by atoms with Gasteiger partial charge >= 0.3 is 0 Å². The number of nitrogens with zero attached hydrogens (tertiary/aromatic N) is 3. The molecule has 0 unspecified atom stereocenters. The van der Waals surface area contributed by atoms with Crippen molar-refractivity contribution < 1.29 is 0 Å². The van der Waals surface area contributed by atoms with Crippen LogP contribution in [0.25, 0.3) is 98.8 Å². The van der Waals surface area contributed by atoms with E-state index in [0.29, 0.717) is 17.5 Å². The van der Waals surface area contributed by atoms with Gasteiger partial charge in [0.2, 0.25) is 0 Å². The highest BCUT2D eigenvalue weighted by molar-refractivity contribution is 7.26. The summed E-state index contributed by atoms with van der Waals surface area (Å²) in [6.45, 7) is 0. The van der Waals surface area contributed by atoms with Crippen LogP contribution in [-0.4, -0.2) is 15.0 Å². The maximum Gasteiger partial charge on any atom is 0.164 e. The first-order valence-corrected chi connectivity index (χ1v) is 19.3. The first kappa shape index (κ1) is 32.6. The fraction of sp³-hybridized carbons (Fsp3) is 0. The highest BCUT2D eigenvalue weighted by Crippen LogP contribution is 2.45. The smallest absolute Gasteiger partial charge is 0.164 e. The lowest BCUT2D eigenvalue weighted by Gasteiger charge is -2.17. The van der Waals surface area contributed by atoms with Crippen molar-refractivity contribution in [3.05, 3.63) is 200 Å². The van der Waals surface area contributed by atoms with Crippen LogP contribution >= 0.6 is 11.3 Å². The molecule has 0 bridgehead atoms. The Balaban J connectivity index is 1.19. The molecular formula is C51H33N3S. The molecule has 10 rings (SSSR count). The van der Waals surface area contributed by atoms with Crippen LogP contribution in [0, 0.1) is 0 Å². The zero-order chi connectivity index (χ0) is 36.6. The highest BCUT2D eigenvalue weighted by atomic mass is 32.1. The molecule has 0 atom stereocenters. The topological polar surface area (TPSA) is 38.7 Å². The van der Waals surface area contributed by atoms with Gasteiger partial charge in [-0.25, -0.2) is 15.0 Å². The van der Waals surface area contributed by atoms with E-state index in [-0.39, 0.29) is 0 Å². The van der Waals surface area contributed by atoms with Gasteiger partial charge in [-0.15, -0.1) is 11.3 Å². The van der Waals surface area contributed by atoms with Gasteiger partial charge in [0, 0.05) is 36.9 Å². The zero-order valence-electron chi connectivity index (χ0n) is 29.8. The highest BCUT2D eigenvalue weighted by Gasteiger charge is 2.19. The molecule has 0 aliphatic heterocycles. The Morgan fingerprint density at radius 2 is 0.782 bits per heavy atom. The third-order valence-corrected chi connectivity index (χ3v) is 11.3. The second-order valence-electron chi connectivity index (χ2n) is 13.6. The first-order valence-electron chi connectivity index (χ1n) is 18.4. The monoisotopic (exact) mass is 719 g/mol. The molecule has 0 aliphatic carbocycles. The third-order valence-electron chi connectivity index (χ3n) is 10.2. The average Bonchev–Trinajstić information content (AvgIpc) is 3.65. The molecule has 55 heavy (non-hydrogen) atoms. The van der Waals surface area contributed by atoms with Gasteiger partial charge < -0.3 is 0 Å². The minimum atomic E-state index is 0.654. The van der Waals surface area contributed by atoms with Gasteiger partial charge in [-0.2, -0.15) is 0 Å². The summed E-state index contributed by atoms with van der Waals surface area (Å²) in [5, 5.41) is 2.34. The molecule has 0 spiro atoms. The minimum Gasteiger partial charge on any atom is -0.208 e. The molecule has 0 radical (unpaired) electrons. The SMILES string of the molecule is c1ccc(-c2cccc(-c3c(-c4ccccc4)cccc3-c3ccc4sc5cccc(-c6nc(-c7ccccc7)nc(-c7ccccc7)n6)c5c4c3)c2)cc1. The summed E-state index contributed by atoms with van der Waals surface area (Å²) < 4.78 is 2.42. The number of fused-ring (bicyclic) bond motifs is 3. The first-order chi connectivity index (χ1) is 27.3. The molecule has 4 heteroatoms. The number of aromatic nitrogens is 3. The number of benzene rings is 8. The van der Waals surface area contributed by atoms with Crippen LogP contribution < -0.4 is 0 Å². The van der Waals surface area contributed by atoms with E-state index in [0.717, 1.165) is 27.6 Å². The summed E-state index contributed by atoms with van der Waals surface area (Å²) in [7, 11) is 0. The molecule has 2 heterocycles. The van der Waals surface area contributed by atoms with Crippen molar-refractivity contribution in [2.45, 2.75) is 0 Å². The molecular weight excluding hydrogens is 687 g/mol. The Morgan fingerprint density at radius 1 is 0.291 bits per heavy atom. The fourth-order valence-electron chi connectivity index (χ4n) is 7.56. The Kier molecular flexibility index (Phi) is 8.36. The fourth-order valence-corrected chi connectivity index (χ4v) is 8.67. The summed E-state index contributed by atoms with van der Waals surface area (Å²) in [5.41, 5.74) is 12.4. The van der Waals surface area contributed by atoms with E-state index in [1.165, 1.54) is 53.7 Å². The van der Waals surface area contributed by atoms with Crippen molar-refractivity contribution >= 4 is 31.5 Å². The lowest BCUT2D eigenvalue weighted by Crippen LogP contribution is -2.00. The maximum absolute atomic E-state index is 5.13. The molecule has 0 saturated carbocycles. The summed E-state index contributed by atoms with van der Waals surface area (Å²) in [4.78, 5) is 15.2. The van der Waals surface area contributed by atoms with Gasteiger partial charge in [-0.3, -0.25) is 0 Å². The van der Waals surface area contributed by atoms with Crippen LogP contribution in [0.1, 0.15) is 0 Å². The van der Waals surface area contributed by atoms with Crippen molar-refractivity contribution in [1.29, 1.82) is 0 Å². The molecule has 0 fully saturated rings. The molecule has 3 nitrogen and oxygen atoms in total. The summed E-state index contributed by atoms with van der Waals surface area (Å²) >= 11 is 1.80. The Hall–Kier alpha value is -7.01. The molecule has 0 amide bonds. The number of rotatable bonds is 7. The zero-order valence-corrected chi connectivity index (χ0v) is 30.6. The normalized spacial score (nSPS) is 11.3. The molecule has 10 aromatic rings. The van der Waals surface area contributed by atoms with Crippen LogP contribution in [0.5, 0.6) is 0 Å². The van der Waals surface area contributed by atoms with Crippen LogP contribution in [0.4, 0.5) is 0 Å².